The Morgan fingerprint density at radius 2 is 1.90 bits per heavy atom. The number of ketones is 1. The van der Waals surface area contributed by atoms with E-state index < -0.39 is 0 Å². The summed E-state index contributed by atoms with van der Waals surface area (Å²) in [6.45, 7) is 4.19. The number of carbonyl (C=O) groups excluding carboxylic acids is 1. The maximum Gasteiger partial charge on any atom is 0.137 e. The fraction of sp³-hybridized carbons (Fsp3) is 0.640. The van der Waals surface area contributed by atoms with Crippen LogP contribution >= 0.6 is 0 Å². The van der Waals surface area contributed by atoms with E-state index in [1.54, 1.807) is 0 Å². The molecule has 4 nitrogen and oxygen atoms in total. The summed E-state index contributed by atoms with van der Waals surface area (Å²) in [5.41, 5.74) is 4.25. The fourth-order valence-corrected chi connectivity index (χ4v) is 5.81. The predicted octanol–water partition coefficient (Wildman–Crippen LogP) is 5.41. The third-order valence-corrected chi connectivity index (χ3v) is 7.61. The number of nitrogens with zero attached hydrogens (tertiary/aromatic N) is 3. The second-order valence-corrected chi connectivity index (χ2v) is 10.0. The summed E-state index contributed by atoms with van der Waals surface area (Å²) >= 11 is 0. The summed E-state index contributed by atoms with van der Waals surface area (Å²) in [5.74, 6) is 3.17. The van der Waals surface area contributed by atoms with Crippen molar-refractivity contribution in [1.82, 2.24) is 14.8 Å². The van der Waals surface area contributed by atoms with Gasteiger partial charge in [-0.3, -0.25) is 4.79 Å². The van der Waals surface area contributed by atoms with E-state index in [0.717, 1.165) is 17.8 Å². The Morgan fingerprint density at radius 3 is 2.59 bits per heavy atom. The molecule has 0 N–H and O–H groups in total. The van der Waals surface area contributed by atoms with Crippen LogP contribution in [0.3, 0.4) is 0 Å². The molecule has 3 fully saturated rings. The van der Waals surface area contributed by atoms with E-state index in [1.165, 1.54) is 68.3 Å². The van der Waals surface area contributed by atoms with Gasteiger partial charge in [0.25, 0.3) is 0 Å². The van der Waals surface area contributed by atoms with Gasteiger partial charge < -0.3 is 4.57 Å². The van der Waals surface area contributed by atoms with Gasteiger partial charge in [0.05, 0.1) is 0 Å². The first-order chi connectivity index (χ1) is 14.0. The van der Waals surface area contributed by atoms with Crippen molar-refractivity contribution in [3.05, 3.63) is 46.5 Å². The first kappa shape index (κ1) is 19.0. The van der Waals surface area contributed by atoms with Crippen molar-refractivity contribution in [3.8, 4) is 0 Å². The van der Waals surface area contributed by atoms with Crippen LogP contribution in [-0.4, -0.2) is 20.5 Å². The molecule has 0 radical (unpaired) electrons. The normalized spacial score (nSPS) is 20.9. The van der Waals surface area contributed by atoms with Gasteiger partial charge in [-0.1, -0.05) is 36.6 Å². The zero-order chi connectivity index (χ0) is 20.0. The smallest absolute Gasteiger partial charge is 0.137 e. The Bertz CT molecular complexity index is 910. The molecule has 0 amide bonds. The van der Waals surface area contributed by atoms with Crippen molar-refractivity contribution < 1.29 is 4.79 Å². The molecule has 0 unspecified atom stereocenters. The van der Waals surface area contributed by atoms with E-state index >= 15 is 0 Å². The summed E-state index contributed by atoms with van der Waals surface area (Å²) in [6, 6.07) is 6.95. The molecule has 0 atom stereocenters. The largest absolute Gasteiger partial charge is 0.312 e. The number of aromatic nitrogens is 3. The number of carbonyl (C=O) groups is 1. The average molecular weight is 392 g/mol. The summed E-state index contributed by atoms with van der Waals surface area (Å²) in [6.07, 6.45) is 12.6. The Kier molecular flexibility index (Phi) is 4.84. The van der Waals surface area contributed by atoms with Gasteiger partial charge >= 0.3 is 0 Å². The van der Waals surface area contributed by atoms with E-state index in [0.29, 0.717) is 36.0 Å². The number of rotatable bonds is 7. The van der Waals surface area contributed by atoms with Crippen LogP contribution in [0, 0.1) is 19.3 Å². The molecular weight excluding hydrogens is 358 g/mol. The highest BCUT2D eigenvalue weighted by molar-refractivity contribution is 5.81. The van der Waals surface area contributed by atoms with Crippen molar-refractivity contribution in [2.75, 3.05) is 0 Å². The van der Waals surface area contributed by atoms with E-state index in [4.69, 9.17) is 0 Å². The van der Waals surface area contributed by atoms with Crippen LogP contribution < -0.4 is 0 Å². The minimum Gasteiger partial charge on any atom is -0.312 e. The molecule has 1 heterocycles. The van der Waals surface area contributed by atoms with Crippen molar-refractivity contribution in [2.45, 2.75) is 96.4 Å². The predicted molar refractivity (Wildman–Crippen MR) is 114 cm³/mol. The van der Waals surface area contributed by atoms with Crippen LogP contribution in [-0.2, 0) is 17.6 Å². The molecule has 5 rings (SSSR count). The zero-order valence-corrected chi connectivity index (χ0v) is 17.9. The number of hydrogen-bond donors (Lipinski definition) is 0. The number of benzene rings is 1. The highest BCUT2D eigenvalue weighted by Gasteiger charge is 2.48. The lowest BCUT2D eigenvalue weighted by atomic mass is 9.60. The summed E-state index contributed by atoms with van der Waals surface area (Å²) in [4.78, 5) is 12.6. The molecule has 2 aromatic rings. The molecular formula is C25H33N3O. The van der Waals surface area contributed by atoms with Crippen molar-refractivity contribution in [3.63, 3.8) is 0 Å². The van der Waals surface area contributed by atoms with Gasteiger partial charge in [-0.05, 0) is 68.9 Å². The Labute approximate surface area is 174 Å². The van der Waals surface area contributed by atoms with Crippen LogP contribution in [0.4, 0.5) is 0 Å². The maximum atomic E-state index is 12.6. The van der Waals surface area contributed by atoms with Gasteiger partial charge in [0.1, 0.15) is 17.4 Å². The first-order valence-electron chi connectivity index (χ1n) is 11.5. The SMILES string of the molecule is Cc1ccc(CC(=O)CCc2nnc(C3CC4(CCCC4)C3)n2C2CC2)c(C)c1. The molecule has 29 heavy (non-hydrogen) atoms. The van der Waals surface area contributed by atoms with Gasteiger partial charge in [-0.15, -0.1) is 10.2 Å². The molecule has 4 heteroatoms. The van der Waals surface area contributed by atoms with Gasteiger partial charge in [0.2, 0.25) is 0 Å². The van der Waals surface area contributed by atoms with Crippen LogP contribution in [0.1, 0.15) is 98.1 Å². The van der Waals surface area contributed by atoms with E-state index in [-0.39, 0.29) is 0 Å². The molecule has 3 aliphatic carbocycles. The van der Waals surface area contributed by atoms with Gasteiger partial charge in [-0.2, -0.15) is 0 Å². The molecule has 0 saturated heterocycles. The minimum absolute atomic E-state index is 0.303. The Balaban J connectivity index is 1.23. The monoisotopic (exact) mass is 391 g/mol. The van der Waals surface area contributed by atoms with E-state index in [2.05, 4.69) is 46.8 Å². The molecule has 3 aliphatic rings. The lowest BCUT2D eigenvalue weighted by Gasteiger charge is -2.45. The Hall–Kier alpha value is -1.97. The molecule has 0 bridgehead atoms. The molecule has 1 spiro atoms. The van der Waals surface area contributed by atoms with E-state index in [1.807, 2.05) is 0 Å². The standard InChI is InChI=1S/C25H33N3O/c1-17-5-6-19(18(2)13-17)14-22(29)9-10-23-26-27-24(28(23)21-7-8-21)20-15-25(16-20)11-3-4-12-25/h5-6,13,20-21H,3-4,7-12,14-16H2,1-2H3. The highest BCUT2D eigenvalue weighted by atomic mass is 16.1. The van der Waals surface area contributed by atoms with Gasteiger partial charge in [0, 0.05) is 31.2 Å². The lowest BCUT2D eigenvalue weighted by Crippen LogP contribution is -2.34. The second-order valence-electron chi connectivity index (χ2n) is 10.0. The van der Waals surface area contributed by atoms with Crippen LogP contribution in [0.2, 0.25) is 0 Å². The topological polar surface area (TPSA) is 47.8 Å². The number of hydrogen-bond acceptors (Lipinski definition) is 3. The highest BCUT2D eigenvalue weighted by Crippen LogP contribution is 2.59. The van der Waals surface area contributed by atoms with Crippen LogP contribution in [0.25, 0.3) is 0 Å². The molecule has 1 aromatic heterocycles. The quantitative estimate of drug-likeness (QED) is 0.634. The average Bonchev–Trinajstić information content (AvgIpc) is 3.22. The summed E-state index contributed by atoms with van der Waals surface area (Å²) in [7, 11) is 0. The summed E-state index contributed by atoms with van der Waals surface area (Å²) < 4.78 is 2.43. The van der Waals surface area contributed by atoms with Crippen LogP contribution in [0.15, 0.2) is 18.2 Å². The molecule has 0 aliphatic heterocycles. The number of Topliss-reactive ketones (excluding diaryl/α,β-unsaturated/α-hetero) is 1. The summed E-state index contributed by atoms with van der Waals surface area (Å²) in [5, 5.41) is 9.21. The lowest BCUT2D eigenvalue weighted by molar-refractivity contribution is -0.118. The van der Waals surface area contributed by atoms with Crippen molar-refractivity contribution >= 4 is 5.78 Å². The molecule has 3 saturated carbocycles. The number of aryl methyl sites for hydroxylation is 3. The molecule has 154 valence electrons. The molecule has 1 aromatic carbocycles. The maximum absolute atomic E-state index is 12.6. The van der Waals surface area contributed by atoms with Crippen molar-refractivity contribution in [1.29, 1.82) is 0 Å². The second kappa shape index (κ2) is 7.37. The fourth-order valence-electron chi connectivity index (χ4n) is 5.81. The van der Waals surface area contributed by atoms with E-state index in [9.17, 15) is 4.79 Å². The van der Waals surface area contributed by atoms with Gasteiger partial charge in [-0.25, -0.2) is 0 Å². The minimum atomic E-state index is 0.303. The van der Waals surface area contributed by atoms with Gasteiger partial charge in [0.15, 0.2) is 0 Å². The third kappa shape index (κ3) is 3.78. The Morgan fingerprint density at radius 1 is 1.14 bits per heavy atom. The third-order valence-electron chi connectivity index (χ3n) is 7.61. The van der Waals surface area contributed by atoms with Crippen molar-refractivity contribution in [2.24, 2.45) is 5.41 Å². The van der Waals surface area contributed by atoms with Crippen LogP contribution in [0.5, 0.6) is 0 Å². The zero-order valence-electron chi connectivity index (χ0n) is 17.9. The first-order valence-corrected chi connectivity index (χ1v) is 11.5.